The van der Waals surface area contributed by atoms with Crippen LogP contribution in [0.3, 0.4) is 0 Å². The van der Waals surface area contributed by atoms with Crippen LogP contribution in [-0.4, -0.2) is 29.8 Å². The third-order valence-electron chi connectivity index (χ3n) is 4.73. The lowest BCUT2D eigenvalue weighted by atomic mass is 9.86. The molecule has 0 saturated carbocycles. The molecule has 1 amide bonds. The van der Waals surface area contributed by atoms with Gasteiger partial charge in [0, 0.05) is 5.92 Å². The summed E-state index contributed by atoms with van der Waals surface area (Å²) < 4.78 is 11.0. The Kier molecular flexibility index (Phi) is 7.65. The van der Waals surface area contributed by atoms with E-state index in [1.165, 1.54) is 11.1 Å². The number of hydrogen-bond donors (Lipinski definition) is 1. The van der Waals surface area contributed by atoms with E-state index >= 15 is 0 Å². The predicted molar refractivity (Wildman–Crippen MR) is 119 cm³/mol. The molecule has 162 valence electrons. The van der Waals surface area contributed by atoms with Gasteiger partial charge in [-0.1, -0.05) is 59.7 Å². The van der Waals surface area contributed by atoms with E-state index in [-0.39, 0.29) is 5.92 Å². The molecule has 0 heterocycles. The van der Waals surface area contributed by atoms with Crippen molar-refractivity contribution in [3.8, 4) is 0 Å². The number of carbonyl (C=O) groups is 2. The fourth-order valence-corrected chi connectivity index (χ4v) is 3.18. The Balaban J connectivity index is 2.16. The van der Waals surface area contributed by atoms with Crippen LogP contribution >= 0.6 is 0 Å². The lowest BCUT2D eigenvalue weighted by Crippen LogP contribution is -2.43. The van der Waals surface area contributed by atoms with Crippen LogP contribution in [0.25, 0.3) is 0 Å². The van der Waals surface area contributed by atoms with Crippen LogP contribution < -0.4 is 5.32 Å². The van der Waals surface area contributed by atoms with Gasteiger partial charge in [0.2, 0.25) is 0 Å². The quantitative estimate of drug-likeness (QED) is 0.657. The molecule has 0 aliphatic carbocycles. The van der Waals surface area contributed by atoms with Gasteiger partial charge in [-0.25, -0.2) is 9.59 Å². The number of nitrogens with one attached hydrogen (secondary N) is 1. The molecule has 0 aliphatic rings. The summed E-state index contributed by atoms with van der Waals surface area (Å²) >= 11 is 0. The van der Waals surface area contributed by atoms with Gasteiger partial charge >= 0.3 is 12.1 Å². The zero-order chi connectivity index (χ0) is 22.5. The third kappa shape index (κ3) is 6.90. The van der Waals surface area contributed by atoms with E-state index in [2.05, 4.69) is 53.8 Å². The summed E-state index contributed by atoms with van der Waals surface area (Å²) in [6.45, 7) is 12.9. The van der Waals surface area contributed by atoms with E-state index in [1.807, 2.05) is 20.8 Å². The van der Waals surface area contributed by atoms with Crippen LogP contribution in [0, 0.1) is 13.8 Å². The maximum Gasteiger partial charge on any atom is 0.408 e. The van der Waals surface area contributed by atoms with Crippen molar-refractivity contribution in [2.24, 2.45) is 0 Å². The highest BCUT2D eigenvalue weighted by atomic mass is 16.6. The van der Waals surface area contributed by atoms with Gasteiger partial charge in [0.25, 0.3) is 0 Å². The van der Waals surface area contributed by atoms with Gasteiger partial charge in [0.1, 0.15) is 17.7 Å². The molecule has 0 fully saturated rings. The number of carbonyl (C=O) groups excluding carboxylic acids is 2. The molecule has 0 saturated heterocycles. The average molecular weight is 412 g/mol. The van der Waals surface area contributed by atoms with E-state index in [0.717, 1.165) is 11.1 Å². The monoisotopic (exact) mass is 411 g/mol. The van der Waals surface area contributed by atoms with Crippen LogP contribution in [-0.2, 0) is 14.3 Å². The van der Waals surface area contributed by atoms with E-state index in [9.17, 15) is 9.59 Å². The van der Waals surface area contributed by atoms with Gasteiger partial charge in [0.15, 0.2) is 0 Å². The van der Waals surface area contributed by atoms with Crippen LogP contribution in [0.1, 0.15) is 62.8 Å². The molecule has 0 aromatic heterocycles. The van der Waals surface area contributed by atoms with Gasteiger partial charge in [-0.2, -0.15) is 0 Å². The third-order valence-corrected chi connectivity index (χ3v) is 4.73. The SMILES string of the molecule is Cc1ccc(C(c2ccc(C)cc2)[C@H](C)OC(=O)[C@H](C)NC(=O)OC(C)(C)C)cc1. The molecule has 0 unspecified atom stereocenters. The Labute approximate surface area is 179 Å². The topological polar surface area (TPSA) is 64.6 Å². The number of benzene rings is 2. The number of rotatable bonds is 6. The normalized spacial score (nSPS) is 13.5. The van der Waals surface area contributed by atoms with Crippen LogP contribution in [0.2, 0.25) is 0 Å². The van der Waals surface area contributed by atoms with Crippen molar-refractivity contribution in [3.63, 3.8) is 0 Å². The van der Waals surface area contributed by atoms with Crippen molar-refractivity contribution in [1.82, 2.24) is 5.32 Å². The number of ether oxygens (including phenoxy) is 2. The number of aryl methyl sites for hydroxylation is 2. The first-order valence-electron chi connectivity index (χ1n) is 10.3. The second-order valence-electron chi connectivity index (χ2n) is 8.81. The van der Waals surface area contributed by atoms with Gasteiger partial charge in [-0.15, -0.1) is 0 Å². The van der Waals surface area contributed by atoms with Crippen molar-refractivity contribution < 1.29 is 19.1 Å². The largest absolute Gasteiger partial charge is 0.460 e. The van der Waals surface area contributed by atoms with Crippen molar-refractivity contribution >= 4 is 12.1 Å². The first-order chi connectivity index (χ1) is 14.0. The molecule has 0 radical (unpaired) electrons. The number of amides is 1. The fraction of sp³-hybridized carbons (Fsp3) is 0.440. The Morgan fingerprint density at radius 3 is 1.67 bits per heavy atom. The Morgan fingerprint density at radius 2 is 1.27 bits per heavy atom. The zero-order valence-corrected chi connectivity index (χ0v) is 19.0. The maximum absolute atomic E-state index is 12.6. The van der Waals surface area contributed by atoms with Crippen molar-refractivity contribution in [1.29, 1.82) is 0 Å². The number of alkyl carbamates (subject to hydrolysis) is 1. The first kappa shape index (κ1) is 23.5. The Morgan fingerprint density at radius 1 is 0.833 bits per heavy atom. The van der Waals surface area contributed by atoms with Crippen molar-refractivity contribution in [2.45, 2.75) is 72.1 Å². The second kappa shape index (κ2) is 9.79. The van der Waals surface area contributed by atoms with E-state index in [1.54, 1.807) is 27.7 Å². The summed E-state index contributed by atoms with van der Waals surface area (Å²) in [5.41, 5.74) is 3.83. The molecule has 2 aromatic rings. The highest BCUT2D eigenvalue weighted by Crippen LogP contribution is 2.30. The lowest BCUT2D eigenvalue weighted by molar-refractivity contribution is -0.150. The fourth-order valence-electron chi connectivity index (χ4n) is 3.18. The number of hydrogen-bond acceptors (Lipinski definition) is 4. The number of esters is 1. The smallest absolute Gasteiger partial charge is 0.408 e. The van der Waals surface area contributed by atoms with Gasteiger partial charge in [-0.05, 0) is 59.6 Å². The summed E-state index contributed by atoms with van der Waals surface area (Å²) in [7, 11) is 0. The molecule has 5 heteroatoms. The van der Waals surface area contributed by atoms with Gasteiger partial charge in [0.05, 0.1) is 0 Å². The molecule has 2 aromatic carbocycles. The molecule has 30 heavy (non-hydrogen) atoms. The Hall–Kier alpha value is -2.82. The molecule has 0 bridgehead atoms. The van der Waals surface area contributed by atoms with Crippen LogP contribution in [0.5, 0.6) is 0 Å². The van der Waals surface area contributed by atoms with E-state index in [0.29, 0.717) is 0 Å². The molecule has 2 atom stereocenters. The molecule has 0 spiro atoms. The zero-order valence-electron chi connectivity index (χ0n) is 19.0. The minimum atomic E-state index is -0.820. The van der Waals surface area contributed by atoms with E-state index < -0.39 is 29.8 Å². The molecule has 1 N–H and O–H groups in total. The van der Waals surface area contributed by atoms with Gasteiger partial charge < -0.3 is 14.8 Å². The highest BCUT2D eigenvalue weighted by molar-refractivity contribution is 5.81. The van der Waals surface area contributed by atoms with Crippen LogP contribution in [0.15, 0.2) is 48.5 Å². The summed E-state index contributed by atoms with van der Waals surface area (Å²) in [6, 6.07) is 15.6. The Bertz CT molecular complexity index is 805. The summed E-state index contributed by atoms with van der Waals surface area (Å²) in [4.78, 5) is 24.6. The summed E-state index contributed by atoms with van der Waals surface area (Å²) in [5, 5.41) is 2.54. The van der Waals surface area contributed by atoms with Crippen molar-refractivity contribution in [2.75, 3.05) is 0 Å². The molecule has 0 aliphatic heterocycles. The van der Waals surface area contributed by atoms with Crippen LogP contribution in [0.4, 0.5) is 4.79 Å². The van der Waals surface area contributed by atoms with Crippen molar-refractivity contribution in [3.05, 3.63) is 70.8 Å². The summed E-state index contributed by atoms with van der Waals surface area (Å²) in [5.74, 6) is -0.624. The second-order valence-corrected chi connectivity index (χ2v) is 8.81. The van der Waals surface area contributed by atoms with Gasteiger partial charge in [-0.3, -0.25) is 0 Å². The molecule has 5 nitrogen and oxygen atoms in total. The molecule has 2 rings (SSSR count). The summed E-state index contributed by atoms with van der Waals surface area (Å²) in [6.07, 6.45) is -1.07. The van der Waals surface area contributed by atoms with E-state index in [4.69, 9.17) is 9.47 Å². The lowest BCUT2D eigenvalue weighted by Gasteiger charge is -2.27. The minimum absolute atomic E-state index is 0.121. The first-order valence-corrected chi connectivity index (χ1v) is 10.3. The molecular formula is C25H33NO4. The average Bonchev–Trinajstić information content (AvgIpc) is 2.63. The predicted octanol–water partition coefficient (Wildman–Crippen LogP) is 5.28. The maximum atomic E-state index is 12.6. The highest BCUT2D eigenvalue weighted by Gasteiger charge is 2.28. The minimum Gasteiger partial charge on any atom is -0.460 e. The standard InChI is InChI=1S/C25H33NO4/c1-16-8-12-20(13-9-16)22(21-14-10-17(2)11-15-21)19(4)29-23(27)18(3)26-24(28)30-25(5,6)7/h8-15,18-19,22H,1-7H3,(H,26,28)/t18-,19-/m0/s1. The molecular weight excluding hydrogens is 378 g/mol.